The lowest BCUT2D eigenvalue weighted by Crippen LogP contribution is -2.13. The van der Waals surface area contributed by atoms with E-state index < -0.39 is 10.1 Å². The van der Waals surface area contributed by atoms with Crippen LogP contribution in [0.25, 0.3) is 0 Å². The molecule has 98 valence electrons. The number of halogens is 2. The van der Waals surface area contributed by atoms with E-state index in [1.807, 2.05) is 20.8 Å². The molecular formula is C10H21F2PS3. The van der Waals surface area contributed by atoms with E-state index in [-0.39, 0.29) is 6.42 Å². The van der Waals surface area contributed by atoms with Gasteiger partial charge in [0.05, 0.1) is 0 Å². The summed E-state index contributed by atoms with van der Waals surface area (Å²) < 4.78 is 25.5. The van der Waals surface area contributed by atoms with Crippen LogP contribution in [-0.4, -0.2) is 17.2 Å². The number of hydrogen-bond donors (Lipinski definition) is 0. The van der Waals surface area contributed by atoms with Crippen molar-refractivity contribution in [3.63, 3.8) is 0 Å². The largest absolute Gasteiger partial charge is 0.291 e. The Morgan fingerprint density at radius 2 is 1.56 bits per heavy atom. The second kappa shape index (κ2) is 8.34. The maximum Gasteiger partial charge on any atom is 0.291 e. The monoisotopic (exact) mass is 306 g/mol. The number of hydrogen-bond acceptors (Lipinski definition) is 3. The SMILES string of the molecule is CCCCCC(F)(F)P(=S)(SCC)SCC. The molecule has 0 heterocycles. The van der Waals surface area contributed by atoms with E-state index >= 15 is 0 Å². The Morgan fingerprint density at radius 1 is 1.06 bits per heavy atom. The van der Waals surface area contributed by atoms with Crippen molar-refractivity contribution in [1.82, 2.24) is 0 Å². The Labute approximate surface area is 111 Å². The van der Waals surface area contributed by atoms with Crippen LogP contribution in [0.1, 0.15) is 46.5 Å². The average molecular weight is 306 g/mol. The molecule has 16 heavy (non-hydrogen) atoms. The Balaban J connectivity index is 4.54. The van der Waals surface area contributed by atoms with Gasteiger partial charge in [0.15, 0.2) is 0 Å². The minimum Gasteiger partial charge on any atom is -0.199 e. The Bertz CT molecular complexity index is 224. The molecule has 0 spiro atoms. The molecule has 0 rings (SSSR count). The van der Waals surface area contributed by atoms with Crippen molar-refractivity contribution in [2.75, 3.05) is 11.5 Å². The molecule has 0 bridgehead atoms. The van der Waals surface area contributed by atoms with Gasteiger partial charge < -0.3 is 0 Å². The molecule has 0 aliphatic carbocycles. The molecule has 0 saturated heterocycles. The topological polar surface area (TPSA) is 0 Å². The number of unbranched alkanes of at least 4 members (excludes halogenated alkanes) is 2. The maximum atomic E-state index is 14.1. The number of rotatable bonds is 9. The van der Waals surface area contributed by atoms with Crippen LogP contribution in [-0.2, 0) is 11.8 Å². The van der Waals surface area contributed by atoms with E-state index in [1.54, 1.807) is 0 Å². The molecule has 0 atom stereocenters. The zero-order valence-electron chi connectivity index (χ0n) is 10.2. The van der Waals surface area contributed by atoms with Gasteiger partial charge in [-0.15, -0.1) is 22.8 Å². The van der Waals surface area contributed by atoms with E-state index in [0.717, 1.165) is 12.8 Å². The summed E-state index contributed by atoms with van der Waals surface area (Å²) in [7, 11) is 0. The molecule has 0 nitrogen and oxygen atoms in total. The van der Waals surface area contributed by atoms with Crippen molar-refractivity contribution in [1.29, 1.82) is 0 Å². The summed E-state index contributed by atoms with van der Waals surface area (Å²) in [5.74, 6) is 1.38. The predicted octanol–water partition coefficient (Wildman–Crippen LogP) is 5.98. The summed E-state index contributed by atoms with van der Waals surface area (Å²) in [5, 5.41) is 0. The van der Waals surface area contributed by atoms with Gasteiger partial charge in [0.1, 0.15) is 4.44 Å². The molecule has 0 N–H and O–H groups in total. The van der Waals surface area contributed by atoms with E-state index in [4.69, 9.17) is 11.8 Å². The highest BCUT2D eigenvalue weighted by Gasteiger charge is 2.45. The van der Waals surface area contributed by atoms with E-state index in [1.165, 1.54) is 22.8 Å². The predicted molar refractivity (Wildman–Crippen MR) is 79.6 cm³/mol. The van der Waals surface area contributed by atoms with Gasteiger partial charge in [0.2, 0.25) is 0 Å². The third-order valence-corrected chi connectivity index (χ3v) is 14.1. The molecule has 0 aromatic heterocycles. The first-order valence-corrected chi connectivity index (χ1v) is 11.7. The van der Waals surface area contributed by atoms with Crippen LogP contribution in [0, 0.1) is 0 Å². The van der Waals surface area contributed by atoms with Gasteiger partial charge in [0, 0.05) is 6.42 Å². The van der Waals surface area contributed by atoms with Gasteiger partial charge in [0.25, 0.3) is 5.66 Å². The highest BCUT2D eigenvalue weighted by molar-refractivity contribution is 9.00. The molecule has 6 heteroatoms. The third-order valence-electron chi connectivity index (χ3n) is 2.08. The van der Waals surface area contributed by atoms with Gasteiger partial charge in [-0.1, -0.05) is 45.4 Å². The summed E-state index contributed by atoms with van der Waals surface area (Å²) in [6, 6.07) is 0. The van der Waals surface area contributed by atoms with Crippen molar-refractivity contribution in [2.24, 2.45) is 0 Å². The molecule has 0 radical (unpaired) electrons. The summed E-state index contributed by atoms with van der Waals surface area (Å²) >= 11 is 7.89. The fraction of sp³-hybridized carbons (Fsp3) is 1.00. The summed E-state index contributed by atoms with van der Waals surface area (Å²) in [5.41, 5.74) is -2.64. The summed E-state index contributed by atoms with van der Waals surface area (Å²) in [6.07, 6.45) is 2.41. The summed E-state index contributed by atoms with van der Waals surface area (Å²) in [6.45, 7) is 5.84. The molecule has 0 aromatic rings. The molecule has 0 unspecified atom stereocenters. The highest BCUT2D eigenvalue weighted by atomic mass is 33.2. The van der Waals surface area contributed by atoms with Gasteiger partial charge >= 0.3 is 0 Å². The smallest absolute Gasteiger partial charge is 0.199 e. The van der Waals surface area contributed by atoms with Crippen LogP contribution in [0.15, 0.2) is 0 Å². The lowest BCUT2D eigenvalue weighted by atomic mass is 10.2. The first kappa shape index (κ1) is 17.2. The third kappa shape index (κ3) is 5.24. The maximum absolute atomic E-state index is 14.1. The van der Waals surface area contributed by atoms with Crippen LogP contribution in [0.3, 0.4) is 0 Å². The fourth-order valence-corrected chi connectivity index (χ4v) is 11.5. The quantitative estimate of drug-likeness (QED) is 0.380. The first-order valence-electron chi connectivity index (χ1n) is 5.70. The molecule has 0 fully saturated rings. The van der Waals surface area contributed by atoms with Crippen LogP contribution in [0.2, 0.25) is 0 Å². The average Bonchev–Trinajstić information content (AvgIpc) is 2.18. The standard InChI is InChI=1S/C10H21F2PS3/c1-4-7-8-9-10(11,12)13(14,15-5-2)16-6-3/h4-9H2,1-3H3. The summed E-state index contributed by atoms with van der Waals surface area (Å²) in [4.78, 5) is 0. The normalized spacial score (nSPS) is 13.1. The fourth-order valence-electron chi connectivity index (χ4n) is 1.29. The van der Waals surface area contributed by atoms with Gasteiger partial charge in [-0.3, -0.25) is 0 Å². The van der Waals surface area contributed by atoms with E-state index in [2.05, 4.69) is 0 Å². The molecule has 0 aromatic carbocycles. The lowest BCUT2D eigenvalue weighted by molar-refractivity contribution is 0.0887. The zero-order chi connectivity index (χ0) is 12.7. The molecule has 0 aliphatic rings. The molecule has 0 aliphatic heterocycles. The lowest BCUT2D eigenvalue weighted by Gasteiger charge is -2.29. The molecule has 0 amide bonds. The highest BCUT2D eigenvalue weighted by Crippen LogP contribution is 2.79. The van der Waals surface area contributed by atoms with Crippen molar-refractivity contribution >= 4 is 39.0 Å². The Hall–Kier alpha value is 1.21. The van der Waals surface area contributed by atoms with E-state index in [9.17, 15) is 8.78 Å². The Kier molecular flexibility index (Phi) is 8.97. The van der Waals surface area contributed by atoms with E-state index in [0.29, 0.717) is 17.9 Å². The Morgan fingerprint density at radius 3 is 1.94 bits per heavy atom. The van der Waals surface area contributed by atoms with Crippen molar-refractivity contribution < 1.29 is 8.78 Å². The van der Waals surface area contributed by atoms with Crippen molar-refractivity contribution in [3.8, 4) is 0 Å². The van der Waals surface area contributed by atoms with Crippen LogP contribution in [0.5, 0.6) is 0 Å². The van der Waals surface area contributed by atoms with Crippen LogP contribution < -0.4 is 0 Å². The van der Waals surface area contributed by atoms with Gasteiger partial charge in [-0.2, -0.15) is 8.78 Å². The van der Waals surface area contributed by atoms with Crippen molar-refractivity contribution in [3.05, 3.63) is 0 Å². The second-order valence-electron chi connectivity index (χ2n) is 3.46. The second-order valence-corrected chi connectivity index (χ2v) is 15.3. The minimum atomic E-state index is -2.64. The van der Waals surface area contributed by atoms with Gasteiger partial charge in [-0.25, -0.2) is 0 Å². The molecule has 0 saturated carbocycles. The van der Waals surface area contributed by atoms with Gasteiger partial charge in [-0.05, 0) is 17.9 Å². The number of alkyl halides is 2. The molecular weight excluding hydrogens is 285 g/mol. The first-order chi connectivity index (χ1) is 7.43. The zero-order valence-corrected chi connectivity index (χ0v) is 13.5. The van der Waals surface area contributed by atoms with Crippen molar-refractivity contribution in [2.45, 2.75) is 52.1 Å². The minimum absolute atomic E-state index is 0.0296. The van der Waals surface area contributed by atoms with Crippen LogP contribution >= 0.6 is 27.2 Å². The van der Waals surface area contributed by atoms with Crippen LogP contribution in [0.4, 0.5) is 8.78 Å².